The van der Waals surface area contributed by atoms with Crippen molar-refractivity contribution in [2.45, 2.75) is 19.3 Å². The van der Waals surface area contributed by atoms with Crippen LogP contribution in [0, 0.1) is 5.92 Å². The van der Waals surface area contributed by atoms with Gasteiger partial charge >= 0.3 is 0 Å². The third-order valence-corrected chi connectivity index (χ3v) is 4.65. The fourth-order valence-corrected chi connectivity index (χ4v) is 3.23. The maximum Gasteiger partial charge on any atom is 0.275 e. The van der Waals surface area contributed by atoms with E-state index in [0.717, 1.165) is 28.2 Å². The highest BCUT2D eigenvalue weighted by atomic mass is 32.1. The largest absolute Gasteiger partial charge is 0.318 e. The van der Waals surface area contributed by atoms with Crippen LogP contribution in [0.3, 0.4) is 0 Å². The number of carbonyl (C=O) groups excluding carboxylic acids is 1. The lowest BCUT2D eigenvalue weighted by molar-refractivity contribution is 0.102. The number of aromatic nitrogens is 3. The Morgan fingerprint density at radius 2 is 2.05 bits per heavy atom. The highest BCUT2D eigenvalue weighted by Gasteiger charge is 2.22. The van der Waals surface area contributed by atoms with Gasteiger partial charge in [0, 0.05) is 12.6 Å². The summed E-state index contributed by atoms with van der Waals surface area (Å²) in [5, 5.41) is 5.80. The first-order valence-corrected chi connectivity index (χ1v) is 8.12. The first-order chi connectivity index (χ1) is 10.8. The van der Waals surface area contributed by atoms with Crippen LogP contribution < -0.4 is 5.32 Å². The molecule has 6 heteroatoms. The van der Waals surface area contributed by atoms with Crippen molar-refractivity contribution in [1.82, 2.24) is 15.0 Å². The topological polar surface area (TPSA) is 67.8 Å². The van der Waals surface area contributed by atoms with E-state index < -0.39 is 0 Å². The second-order valence-corrected chi connectivity index (χ2v) is 6.40. The van der Waals surface area contributed by atoms with Crippen molar-refractivity contribution < 1.29 is 4.79 Å². The van der Waals surface area contributed by atoms with Gasteiger partial charge in [0.1, 0.15) is 11.5 Å². The molecule has 5 nitrogen and oxygen atoms in total. The van der Waals surface area contributed by atoms with E-state index in [-0.39, 0.29) is 5.91 Å². The van der Waals surface area contributed by atoms with E-state index in [1.54, 1.807) is 18.6 Å². The van der Waals surface area contributed by atoms with Gasteiger partial charge in [-0.1, -0.05) is 0 Å². The predicted molar refractivity (Wildman–Crippen MR) is 86.0 cm³/mol. The molecule has 0 atom stereocenters. The lowest BCUT2D eigenvalue weighted by Crippen LogP contribution is -2.14. The van der Waals surface area contributed by atoms with Crippen LogP contribution in [0.2, 0.25) is 0 Å². The van der Waals surface area contributed by atoms with Crippen LogP contribution in [0.25, 0.3) is 10.1 Å². The normalized spacial score (nSPS) is 14.2. The molecule has 1 aliphatic carbocycles. The van der Waals surface area contributed by atoms with Crippen LogP contribution in [0.5, 0.6) is 0 Å². The van der Waals surface area contributed by atoms with Crippen LogP contribution in [-0.2, 0) is 6.42 Å². The molecule has 1 fully saturated rings. The molecule has 0 spiro atoms. The number of anilines is 1. The zero-order valence-corrected chi connectivity index (χ0v) is 12.6. The summed E-state index contributed by atoms with van der Waals surface area (Å²) in [7, 11) is 0. The van der Waals surface area contributed by atoms with Crippen molar-refractivity contribution in [3.8, 4) is 0 Å². The maximum absolute atomic E-state index is 12.4. The Morgan fingerprint density at radius 1 is 1.23 bits per heavy atom. The number of pyridine rings is 1. The molecule has 0 unspecified atom stereocenters. The number of fused-ring (bicyclic) bond motifs is 1. The van der Waals surface area contributed by atoms with E-state index in [1.165, 1.54) is 24.2 Å². The Labute approximate surface area is 131 Å². The Balaban J connectivity index is 1.52. The fourth-order valence-electron chi connectivity index (χ4n) is 2.35. The minimum atomic E-state index is -0.230. The minimum Gasteiger partial charge on any atom is -0.318 e. The standard InChI is InChI=1S/C16H14N4OS/c21-16(14-15-11(3-5-17-14)4-6-22-15)20-12-8-18-13(19-9-12)7-10-1-2-10/h3-6,8-10H,1-2,7H2,(H,20,21). The lowest BCUT2D eigenvalue weighted by Gasteiger charge is -2.05. The van der Waals surface area contributed by atoms with Gasteiger partial charge in [-0.15, -0.1) is 11.3 Å². The Morgan fingerprint density at radius 3 is 2.82 bits per heavy atom. The molecule has 0 aliphatic heterocycles. The summed E-state index contributed by atoms with van der Waals surface area (Å²) in [6, 6.07) is 3.88. The van der Waals surface area contributed by atoms with Gasteiger partial charge in [0.15, 0.2) is 0 Å². The van der Waals surface area contributed by atoms with Gasteiger partial charge in [0.2, 0.25) is 0 Å². The molecule has 0 aromatic carbocycles. The van der Waals surface area contributed by atoms with E-state index in [0.29, 0.717) is 11.4 Å². The predicted octanol–water partition coefficient (Wildman–Crippen LogP) is 3.29. The van der Waals surface area contributed by atoms with Gasteiger partial charge < -0.3 is 5.32 Å². The molecular formula is C16H14N4OS. The molecular weight excluding hydrogens is 296 g/mol. The lowest BCUT2D eigenvalue weighted by atomic mass is 10.2. The second kappa shape index (κ2) is 5.46. The number of amides is 1. The van der Waals surface area contributed by atoms with Gasteiger partial charge in [0.25, 0.3) is 5.91 Å². The molecule has 4 rings (SSSR count). The third-order valence-electron chi connectivity index (χ3n) is 3.71. The van der Waals surface area contributed by atoms with Gasteiger partial charge in [-0.3, -0.25) is 4.79 Å². The van der Waals surface area contributed by atoms with E-state index in [4.69, 9.17) is 0 Å². The van der Waals surface area contributed by atoms with Crippen LogP contribution in [0.1, 0.15) is 29.2 Å². The van der Waals surface area contributed by atoms with Gasteiger partial charge in [-0.2, -0.15) is 0 Å². The molecule has 0 bridgehead atoms. The van der Waals surface area contributed by atoms with E-state index in [1.807, 2.05) is 17.5 Å². The van der Waals surface area contributed by atoms with Crippen molar-refractivity contribution in [1.29, 1.82) is 0 Å². The Bertz CT molecular complexity index is 824. The molecule has 1 amide bonds. The first-order valence-electron chi connectivity index (χ1n) is 7.24. The number of thiophene rings is 1. The summed E-state index contributed by atoms with van der Waals surface area (Å²) in [6.07, 6.45) is 8.47. The highest BCUT2D eigenvalue weighted by Crippen LogP contribution is 2.31. The minimum absolute atomic E-state index is 0.230. The molecule has 3 heterocycles. The fraction of sp³-hybridized carbons (Fsp3) is 0.250. The molecule has 3 aromatic rings. The van der Waals surface area contributed by atoms with Crippen LogP contribution in [0.4, 0.5) is 5.69 Å². The Hall–Kier alpha value is -2.34. The van der Waals surface area contributed by atoms with Crippen molar-refractivity contribution in [2.24, 2.45) is 5.92 Å². The van der Waals surface area contributed by atoms with Crippen molar-refractivity contribution >= 4 is 33.0 Å². The Kier molecular flexibility index (Phi) is 3.31. The maximum atomic E-state index is 12.4. The molecule has 110 valence electrons. The van der Waals surface area contributed by atoms with E-state index >= 15 is 0 Å². The molecule has 3 aromatic heterocycles. The number of hydrogen-bond donors (Lipinski definition) is 1. The average molecular weight is 310 g/mol. The molecule has 22 heavy (non-hydrogen) atoms. The number of nitrogens with zero attached hydrogens (tertiary/aromatic N) is 3. The van der Waals surface area contributed by atoms with Crippen LogP contribution in [0.15, 0.2) is 36.1 Å². The number of hydrogen-bond acceptors (Lipinski definition) is 5. The molecule has 1 saturated carbocycles. The highest BCUT2D eigenvalue weighted by molar-refractivity contribution is 7.17. The van der Waals surface area contributed by atoms with Crippen molar-refractivity contribution in [3.63, 3.8) is 0 Å². The monoisotopic (exact) mass is 310 g/mol. The zero-order valence-electron chi connectivity index (χ0n) is 11.8. The smallest absolute Gasteiger partial charge is 0.275 e. The van der Waals surface area contributed by atoms with Crippen molar-refractivity contribution in [3.05, 3.63) is 47.6 Å². The summed E-state index contributed by atoms with van der Waals surface area (Å²) in [5.41, 5.74) is 1.04. The van der Waals surface area contributed by atoms with Crippen molar-refractivity contribution in [2.75, 3.05) is 5.32 Å². The van der Waals surface area contributed by atoms with Crippen LogP contribution in [-0.4, -0.2) is 20.9 Å². The number of carbonyl (C=O) groups is 1. The quantitative estimate of drug-likeness (QED) is 0.803. The zero-order chi connectivity index (χ0) is 14.9. The SMILES string of the molecule is O=C(Nc1cnc(CC2CC2)nc1)c1nccc2ccsc12. The van der Waals surface area contributed by atoms with Gasteiger partial charge in [-0.25, -0.2) is 15.0 Å². The van der Waals surface area contributed by atoms with E-state index in [9.17, 15) is 4.79 Å². The summed E-state index contributed by atoms with van der Waals surface area (Å²) in [6.45, 7) is 0. The second-order valence-electron chi connectivity index (χ2n) is 5.49. The summed E-state index contributed by atoms with van der Waals surface area (Å²) in [5.74, 6) is 1.37. The molecule has 1 aliphatic rings. The number of rotatable bonds is 4. The molecule has 0 radical (unpaired) electrons. The van der Waals surface area contributed by atoms with Gasteiger partial charge in [0.05, 0.1) is 22.8 Å². The van der Waals surface area contributed by atoms with Crippen LogP contribution >= 0.6 is 11.3 Å². The molecule has 1 N–H and O–H groups in total. The summed E-state index contributed by atoms with van der Waals surface area (Å²) < 4.78 is 0.895. The first kappa shape index (κ1) is 13.3. The molecule has 0 saturated heterocycles. The summed E-state index contributed by atoms with van der Waals surface area (Å²) in [4.78, 5) is 25.2. The van der Waals surface area contributed by atoms with E-state index in [2.05, 4.69) is 20.3 Å². The summed E-state index contributed by atoms with van der Waals surface area (Å²) >= 11 is 1.51. The third kappa shape index (κ3) is 2.69. The average Bonchev–Trinajstić information content (AvgIpc) is 3.21. The number of nitrogens with one attached hydrogen (secondary N) is 1. The van der Waals surface area contributed by atoms with Gasteiger partial charge in [-0.05, 0) is 41.7 Å².